The zero-order chi connectivity index (χ0) is 17.6. The summed E-state index contributed by atoms with van der Waals surface area (Å²) in [6, 6.07) is 17.1. The Morgan fingerprint density at radius 3 is 2.56 bits per heavy atom. The van der Waals surface area contributed by atoms with Crippen molar-refractivity contribution >= 4 is 17.5 Å². The lowest BCUT2D eigenvalue weighted by Crippen LogP contribution is -2.14. The van der Waals surface area contributed by atoms with E-state index in [9.17, 15) is 4.79 Å². The Balaban J connectivity index is 1.73. The first kappa shape index (κ1) is 17.2. The second-order valence-corrected chi connectivity index (χ2v) is 6.71. The van der Waals surface area contributed by atoms with Crippen LogP contribution in [0.3, 0.4) is 0 Å². The number of aromatic nitrogens is 3. The molecule has 0 aliphatic carbocycles. The van der Waals surface area contributed by atoms with Gasteiger partial charge in [0.1, 0.15) is 12.1 Å². The van der Waals surface area contributed by atoms with Gasteiger partial charge in [-0.15, -0.1) is 10.2 Å². The van der Waals surface area contributed by atoms with E-state index in [2.05, 4.69) is 10.2 Å². The van der Waals surface area contributed by atoms with Crippen LogP contribution in [0.1, 0.15) is 24.2 Å². The zero-order valence-electron chi connectivity index (χ0n) is 14.1. The van der Waals surface area contributed by atoms with Gasteiger partial charge in [0.15, 0.2) is 10.9 Å². The number of rotatable bonds is 7. The summed E-state index contributed by atoms with van der Waals surface area (Å²) in [5, 5.41) is 8.55. The molecule has 0 fully saturated rings. The van der Waals surface area contributed by atoms with Crippen LogP contribution in [0.4, 0.5) is 0 Å². The van der Waals surface area contributed by atoms with Crippen LogP contribution in [0.2, 0.25) is 0 Å². The molecule has 1 atom stereocenters. The number of carbonyl (C=O) groups is 1. The first-order chi connectivity index (χ1) is 12.2. The maximum atomic E-state index is 12.7. The van der Waals surface area contributed by atoms with Crippen molar-refractivity contribution < 1.29 is 9.53 Å². The highest BCUT2D eigenvalue weighted by molar-refractivity contribution is 8.00. The summed E-state index contributed by atoms with van der Waals surface area (Å²) < 4.78 is 7.29. The summed E-state index contributed by atoms with van der Waals surface area (Å²) in [4.78, 5) is 12.7. The van der Waals surface area contributed by atoms with E-state index in [0.717, 1.165) is 11.4 Å². The Morgan fingerprint density at radius 2 is 1.88 bits per heavy atom. The third kappa shape index (κ3) is 4.09. The van der Waals surface area contributed by atoms with Crippen LogP contribution in [0.5, 0.6) is 5.75 Å². The molecule has 0 unspecified atom stereocenters. The number of Topliss-reactive ketones (excluding diaryl/α,β-unsaturated/α-hetero) is 1. The van der Waals surface area contributed by atoms with Crippen LogP contribution in [0, 0.1) is 0 Å². The molecule has 0 aliphatic rings. The summed E-state index contributed by atoms with van der Waals surface area (Å²) >= 11 is 1.40. The Labute approximate surface area is 151 Å². The maximum absolute atomic E-state index is 12.7. The van der Waals surface area contributed by atoms with E-state index in [4.69, 9.17) is 4.74 Å². The van der Waals surface area contributed by atoms with E-state index < -0.39 is 0 Å². The molecular weight excluding hydrogens is 334 g/mol. The van der Waals surface area contributed by atoms with Gasteiger partial charge in [-0.25, -0.2) is 0 Å². The number of hydrogen-bond donors (Lipinski definition) is 0. The van der Waals surface area contributed by atoms with Crippen molar-refractivity contribution in [1.29, 1.82) is 0 Å². The molecule has 0 saturated carbocycles. The molecule has 3 aromatic rings. The summed E-state index contributed by atoms with van der Waals surface area (Å²) in [7, 11) is 0. The molecule has 6 heteroatoms. The van der Waals surface area contributed by atoms with Crippen molar-refractivity contribution in [3.05, 3.63) is 66.5 Å². The molecule has 5 nitrogen and oxygen atoms in total. The summed E-state index contributed by atoms with van der Waals surface area (Å²) in [5.74, 6) is 0.818. The lowest BCUT2D eigenvalue weighted by atomic mass is 10.1. The van der Waals surface area contributed by atoms with Crippen LogP contribution in [-0.4, -0.2) is 32.4 Å². The number of thioether (sulfide) groups is 1. The molecule has 1 aromatic heterocycles. The van der Waals surface area contributed by atoms with Gasteiger partial charge in [0.05, 0.1) is 11.9 Å². The van der Waals surface area contributed by atoms with E-state index in [1.54, 1.807) is 18.5 Å². The smallest absolute Gasteiger partial charge is 0.196 e. The molecule has 3 rings (SSSR count). The highest BCUT2D eigenvalue weighted by Gasteiger charge is 2.20. The van der Waals surface area contributed by atoms with Gasteiger partial charge >= 0.3 is 0 Å². The molecule has 0 amide bonds. The van der Waals surface area contributed by atoms with Gasteiger partial charge in [-0.05, 0) is 50.2 Å². The summed E-state index contributed by atoms with van der Waals surface area (Å²) in [6.07, 6.45) is 1.66. The van der Waals surface area contributed by atoms with Gasteiger partial charge in [-0.1, -0.05) is 30.0 Å². The fourth-order valence-corrected chi connectivity index (χ4v) is 3.32. The van der Waals surface area contributed by atoms with Crippen LogP contribution in [-0.2, 0) is 0 Å². The molecule has 0 radical (unpaired) electrons. The minimum absolute atomic E-state index is 0.0515. The first-order valence-electron chi connectivity index (χ1n) is 8.08. The molecule has 25 heavy (non-hydrogen) atoms. The summed E-state index contributed by atoms with van der Waals surface area (Å²) in [5.41, 5.74) is 1.63. The van der Waals surface area contributed by atoms with Crippen molar-refractivity contribution in [1.82, 2.24) is 14.8 Å². The monoisotopic (exact) mass is 353 g/mol. The number of carbonyl (C=O) groups excluding carboxylic acids is 1. The Bertz CT molecular complexity index is 831. The average molecular weight is 353 g/mol. The average Bonchev–Trinajstić information content (AvgIpc) is 3.11. The number of ether oxygens (including phenoxy) is 1. The van der Waals surface area contributed by atoms with Crippen LogP contribution >= 0.6 is 11.8 Å². The van der Waals surface area contributed by atoms with Crippen LogP contribution < -0.4 is 4.74 Å². The van der Waals surface area contributed by atoms with Crippen molar-refractivity contribution in [2.24, 2.45) is 0 Å². The van der Waals surface area contributed by atoms with Crippen molar-refractivity contribution in [3.63, 3.8) is 0 Å². The Hall–Kier alpha value is -2.60. The molecule has 0 N–H and O–H groups in total. The largest absolute Gasteiger partial charge is 0.494 e. The van der Waals surface area contributed by atoms with Gasteiger partial charge in [0.2, 0.25) is 0 Å². The predicted molar refractivity (Wildman–Crippen MR) is 98.6 cm³/mol. The van der Waals surface area contributed by atoms with E-state index in [-0.39, 0.29) is 11.0 Å². The number of nitrogens with zero attached hydrogens (tertiary/aromatic N) is 3. The number of para-hydroxylation sites is 1. The second-order valence-electron chi connectivity index (χ2n) is 5.40. The van der Waals surface area contributed by atoms with Crippen molar-refractivity contribution in [2.75, 3.05) is 6.61 Å². The molecule has 0 spiro atoms. The van der Waals surface area contributed by atoms with E-state index >= 15 is 0 Å². The van der Waals surface area contributed by atoms with Gasteiger partial charge in [-0.2, -0.15) is 0 Å². The number of benzene rings is 2. The van der Waals surface area contributed by atoms with E-state index in [0.29, 0.717) is 17.3 Å². The third-order valence-electron chi connectivity index (χ3n) is 3.65. The molecular formula is C19H19N3O2S. The minimum Gasteiger partial charge on any atom is -0.494 e. The highest BCUT2D eigenvalue weighted by Crippen LogP contribution is 2.26. The molecule has 0 saturated heterocycles. The molecule has 1 heterocycles. The lowest BCUT2D eigenvalue weighted by Gasteiger charge is -2.11. The third-order valence-corrected chi connectivity index (χ3v) is 4.71. The predicted octanol–water partition coefficient (Wildman–Crippen LogP) is 4.03. The number of ketones is 1. The lowest BCUT2D eigenvalue weighted by molar-refractivity contribution is 0.0994. The van der Waals surface area contributed by atoms with Crippen LogP contribution in [0.25, 0.3) is 5.69 Å². The summed E-state index contributed by atoms with van der Waals surface area (Å²) in [6.45, 7) is 4.42. The first-order valence-corrected chi connectivity index (χ1v) is 8.96. The van der Waals surface area contributed by atoms with Crippen LogP contribution in [0.15, 0.2) is 66.1 Å². The van der Waals surface area contributed by atoms with Gasteiger partial charge in [0, 0.05) is 11.3 Å². The molecule has 0 bridgehead atoms. The molecule has 2 aromatic carbocycles. The Kier molecular flexibility index (Phi) is 5.50. The van der Waals surface area contributed by atoms with Gasteiger partial charge < -0.3 is 4.74 Å². The zero-order valence-corrected chi connectivity index (χ0v) is 14.9. The topological polar surface area (TPSA) is 57.0 Å². The molecule has 128 valence electrons. The quantitative estimate of drug-likeness (QED) is 0.474. The standard InChI is InChI=1S/C19H19N3O2S/c1-3-24-17-11-9-15(10-12-17)18(23)14(2)25-19-21-20-13-22(19)16-7-5-4-6-8-16/h4-14H,3H2,1-2H3/t14-/m1/s1. The molecule has 0 aliphatic heterocycles. The SMILES string of the molecule is CCOc1ccc(C(=O)[C@@H](C)Sc2nncn2-c2ccccc2)cc1. The highest BCUT2D eigenvalue weighted by atomic mass is 32.2. The van der Waals surface area contributed by atoms with E-state index in [1.165, 1.54) is 11.8 Å². The van der Waals surface area contributed by atoms with Crippen molar-refractivity contribution in [2.45, 2.75) is 24.3 Å². The fraction of sp³-hybridized carbons (Fsp3) is 0.211. The van der Waals surface area contributed by atoms with E-state index in [1.807, 2.05) is 60.9 Å². The van der Waals surface area contributed by atoms with Gasteiger partial charge in [-0.3, -0.25) is 9.36 Å². The van der Waals surface area contributed by atoms with Gasteiger partial charge in [0.25, 0.3) is 0 Å². The normalized spacial score (nSPS) is 11.9. The van der Waals surface area contributed by atoms with Crippen molar-refractivity contribution in [3.8, 4) is 11.4 Å². The minimum atomic E-state index is -0.274. The fourth-order valence-electron chi connectivity index (χ4n) is 2.40. The maximum Gasteiger partial charge on any atom is 0.196 e. The number of hydrogen-bond acceptors (Lipinski definition) is 5. The Morgan fingerprint density at radius 1 is 1.16 bits per heavy atom. The second kappa shape index (κ2) is 7.98.